The van der Waals surface area contributed by atoms with Crippen molar-refractivity contribution in [1.29, 1.82) is 0 Å². The zero-order chi connectivity index (χ0) is 19.4. The van der Waals surface area contributed by atoms with Crippen molar-refractivity contribution >= 4 is 32.6 Å². The molecule has 0 N–H and O–H groups in total. The van der Waals surface area contributed by atoms with E-state index in [1.807, 2.05) is 19.1 Å². The summed E-state index contributed by atoms with van der Waals surface area (Å²) in [7, 11) is 1.55. The number of hydrogen-bond donors (Lipinski definition) is 0. The molecule has 3 heterocycles. The van der Waals surface area contributed by atoms with E-state index in [1.54, 1.807) is 13.3 Å². The van der Waals surface area contributed by atoms with Crippen LogP contribution in [0.2, 0.25) is 0 Å². The molecule has 0 amide bonds. The molecular weight excluding hydrogens is 381 g/mol. The summed E-state index contributed by atoms with van der Waals surface area (Å²) < 4.78 is 31.8. The van der Waals surface area contributed by atoms with Crippen LogP contribution in [0.25, 0.3) is 31.8 Å². The van der Waals surface area contributed by atoms with E-state index < -0.39 is 5.82 Å². The highest BCUT2D eigenvalue weighted by Crippen LogP contribution is 2.45. The van der Waals surface area contributed by atoms with E-state index in [9.17, 15) is 4.39 Å². The van der Waals surface area contributed by atoms with Crippen LogP contribution in [0, 0.1) is 19.7 Å². The van der Waals surface area contributed by atoms with E-state index in [0.29, 0.717) is 38.1 Å². The Balaban J connectivity index is 1.76. The quantitative estimate of drug-likeness (QED) is 0.502. The Labute approximate surface area is 163 Å². The van der Waals surface area contributed by atoms with E-state index in [-0.39, 0.29) is 18.2 Å². The standard InChI is InChI=1S/C20H15FN3O3S/c1-9-4-11(16-13(5-9)23-15(25-3)7-22-16)20-24-17-12(21)6-14-18(19(17)28-20)27-10(2)8-26-14/h4-7,10H,2,8H2,1,3H3. The SMILES string of the molecule is [CH2]C1COc2cc(F)c3nc(-c4cc(C)cc5nc(OC)cnc45)sc3c2O1. The minimum atomic E-state index is -0.452. The fraction of sp³-hybridized carbons (Fsp3) is 0.200. The van der Waals surface area contributed by atoms with Crippen molar-refractivity contribution in [2.45, 2.75) is 13.0 Å². The van der Waals surface area contributed by atoms with Gasteiger partial charge in [0.2, 0.25) is 5.88 Å². The van der Waals surface area contributed by atoms with Gasteiger partial charge < -0.3 is 14.2 Å². The van der Waals surface area contributed by atoms with Gasteiger partial charge in [0.25, 0.3) is 0 Å². The van der Waals surface area contributed by atoms with E-state index in [2.05, 4.69) is 21.9 Å². The van der Waals surface area contributed by atoms with Gasteiger partial charge in [-0.3, -0.25) is 0 Å². The molecule has 2 aromatic heterocycles. The molecule has 1 radical (unpaired) electrons. The number of ether oxygens (including phenoxy) is 3. The Hall–Kier alpha value is -3.00. The number of halogens is 1. The summed E-state index contributed by atoms with van der Waals surface area (Å²) in [6.45, 7) is 6.12. The van der Waals surface area contributed by atoms with Gasteiger partial charge in [0, 0.05) is 11.6 Å². The van der Waals surface area contributed by atoms with Crippen LogP contribution in [0.1, 0.15) is 5.56 Å². The molecule has 1 aliphatic heterocycles. The van der Waals surface area contributed by atoms with Crippen molar-refractivity contribution < 1.29 is 18.6 Å². The molecular formula is C20H15FN3O3S. The lowest BCUT2D eigenvalue weighted by Crippen LogP contribution is -2.26. The molecule has 1 atom stereocenters. The fourth-order valence-electron chi connectivity index (χ4n) is 3.22. The highest BCUT2D eigenvalue weighted by Gasteiger charge is 2.26. The van der Waals surface area contributed by atoms with Gasteiger partial charge in [-0.1, -0.05) is 0 Å². The van der Waals surface area contributed by atoms with Crippen LogP contribution in [0.3, 0.4) is 0 Å². The number of thiazole rings is 1. The van der Waals surface area contributed by atoms with Gasteiger partial charge in [0.05, 0.1) is 24.3 Å². The maximum Gasteiger partial charge on any atom is 0.232 e. The number of fused-ring (bicyclic) bond motifs is 4. The average molecular weight is 396 g/mol. The van der Waals surface area contributed by atoms with Gasteiger partial charge >= 0.3 is 0 Å². The molecule has 28 heavy (non-hydrogen) atoms. The van der Waals surface area contributed by atoms with E-state index >= 15 is 0 Å². The Morgan fingerprint density at radius 2 is 2.11 bits per heavy atom. The number of nitrogens with zero attached hydrogens (tertiary/aromatic N) is 3. The predicted molar refractivity (Wildman–Crippen MR) is 105 cm³/mol. The maximum atomic E-state index is 14.6. The van der Waals surface area contributed by atoms with Crippen LogP contribution < -0.4 is 14.2 Å². The van der Waals surface area contributed by atoms with Crippen LogP contribution in [0.4, 0.5) is 4.39 Å². The van der Waals surface area contributed by atoms with Crippen LogP contribution in [-0.4, -0.2) is 34.8 Å². The Kier molecular flexibility index (Phi) is 3.83. The summed E-state index contributed by atoms with van der Waals surface area (Å²) in [5.41, 5.74) is 3.37. The fourth-order valence-corrected chi connectivity index (χ4v) is 4.30. The molecule has 0 bridgehead atoms. The maximum absolute atomic E-state index is 14.6. The second-order valence-corrected chi connectivity index (χ2v) is 7.52. The first kappa shape index (κ1) is 17.1. The van der Waals surface area contributed by atoms with E-state index in [1.165, 1.54) is 17.4 Å². The van der Waals surface area contributed by atoms with Crippen molar-refractivity contribution in [2.75, 3.05) is 13.7 Å². The molecule has 4 aromatic rings. The monoisotopic (exact) mass is 396 g/mol. The third kappa shape index (κ3) is 2.63. The van der Waals surface area contributed by atoms with Gasteiger partial charge in [-0.25, -0.2) is 19.3 Å². The first-order valence-corrected chi connectivity index (χ1v) is 9.42. The van der Waals surface area contributed by atoms with Crippen molar-refractivity contribution in [3.63, 3.8) is 0 Å². The lowest BCUT2D eigenvalue weighted by molar-refractivity contribution is 0.123. The number of aryl methyl sites for hydroxylation is 1. The first-order chi connectivity index (χ1) is 13.5. The summed E-state index contributed by atoms with van der Waals surface area (Å²) in [5.74, 6) is 0.836. The molecule has 8 heteroatoms. The number of benzene rings is 2. The highest BCUT2D eigenvalue weighted by molar-refractivity contribution is 7.22. The van der Waals surface area contributed by atoms with Crippen molar-refractivity contribution in [1.82, 2.24) is 15.0 Å². The topological polar surface area (TPSA) is 66.4 Å². The summed E-state index contributed by atoms with van der Waals surface area (Å²) in [6.07, 6.45) is 1.20. The third-order valence-electron chi connectivity index (χ3n) is 4.46. The molecule has 5 rings (SSSR count). The zero-order valence-electron chi connectivity index (χ0n) is 15.2. The molecule has 141 valence electrons. The van der Waals surface area contributed by atoms with Crippen molar-refractivity contribution in [3.8, 4) is 28.0 Å². The Morgan fingerprint density at radius 1 is 1.25 bits per heavy atom. The largest absolute Gasteiger partial charge is 0.486 e. The molecule has 1 aliphatic rings. The number of rotatable bonds is 2. The Bertz CT molecular complexity index is 1240. The van der Waals surface area contributed by atoms with Gasteiger partial charge in [0.1, 0.15) is 27.9 Å². The zero-order valence-corrected chi connectivity index (χ0v) is 16.0. The van der Waals surface area contributed by atoms with E-state index in [0.717, 1.165) is 11.1 Å². The molecule has 0 spiro atoms. The predicted octanol–water partition coefficient (Wildman–Crippen LogP) is 4.34. The normalized spacial score (nSPS) is 15.9. The van der Waals surface area contributed by atoms with Crippen molar-refractivity contribution in [3.05, 3.63) is 42.7 Å². The number of hydrogen-bond acceptors (Lipinski definition) is 7. The van der Waals surface area contributed by atoms with Gasteiger partial charge in [-0.2, -0.15) is 0 Å². The minimum Gasteiger partial charge on any atom is -0.486 e. The van der Waals surface area contributed by atoms with E-state index in [4.69, 9.17) is 14.2 Å². The minimum absolute atomic E-state index is 0.243. The summed E-state index contributed by atoms with van der Waals surface area (Å²) in [5, 5.41) is 0.630. The lowest BCUT2D eigenvalue weighted by Gasteiger charge is -2.23. The molecule has 0 aliphatic carbocycles. The molecule has 0 fully saturated rings. The summed E-state index contributed by atoms with van der Waals surface area (Å²) >= 11 is 1.33. The molecule has 0 saturated heterocycles. The summed E-state index contributed by atoms with van der Waals surface area (Å²) in [4.78, 5) is 13.5. The smallest absolute Gasteiger partial charge is 0.232 e. The third-order valence-corrected chi connectivity index (χ3v) is 5.55. The second-order valence-electron chi connectivity index (χ2n) is 6.53. The van der Waals surface area contributed by atoms with Crippen LogP contribution in [0.5, 0.6) is 17.4 Å². The van der Waals surface area contributed by atoms with Crippen LogP contribution >= 0.6 is 11.3 Å². The lowest BCUT2D eigenvalue weighted by atomic mass is 10.1. The molecule has 6 nitrogen and oxygen atoms in total. The second kappa shape index (κ2) is 6.27. The van der Waals surface area contributed by atoms with Crippen LogP contribution in [-0.2, 0) is 0 Å². The summed E-state index contributed by atoms with van der Waals surface area (Å²) in [6, 6.07) is 5.20. The van der Waals surface area contributed by atoms with Gasteiger partial charge in [-0.05, 0) is 31.5 Å². The number of methoxy groups -OCH3 is 1. The Morgan fingerprint density at radius 3 is 2.93 bits per heavy atom. The van der Waals surface area contributed by atoms with Crippen molar-refractivity contribution in [2.24, 2.45) is 0 Å². The van der Waals surface area contributed by atoms with Gasteiger partial charge in [0.15, 0.2) is 17.3 Å². The molecule has 0 saturated carbocycles. The van der Waals surface area contributed by atoms with Gasteiger partial charge in [-0.15, -0.1) is 11.3 Å². The molecule has 2 aromatic carbocycles. The highest BCUT2D eigenvalue weighted by atomic mass is 32.1. The number of aromatic nitrogens is 3. The average Bonchev–Trinajstić information content (AvgIpc) is 3.14. The first-order valence-electron chi connectivity index (χ1n) is 8.61. The molecule has 1 unspecified atom stereocenters. The van der Waals surface area contributed by atoms with Crippen LogP contribution in [0.15, 0.2) is 24.4 Å².